The van der Waals surface area contributed by atoms with Gasteiger partial charge in [-0.05, 0) is 37.0 Å². The van der Waals surface area contributed by atoms with Crippen LogP contribution in [0.2, 0.25) is 5.02 Å². The molecule has 0 amide bonds. The Balaban J connectivity index is 2.13. The second-order valence-electron chi connectivity index (χ2n) is 5.22. The van der Waals surface area contributed by atoms with E-state index in [2.05, 4.69) is 4.72 Å². The average molecular weight is 329 g/mol. The van der Waals surface area contributed by atoms with Gasteiger partial charge >= 0.3 is 0 Å². The molecule has 21 heavy (non-hydrogen) atoms. The van der Waals surface area contributed by atoms with Crippen molar-refractivity contribution in [3.8, 4) is 6.07 Å². The molecule has 0 heterocycles. The van der Waals surface area contributed by atoms with Gasteiger partial charge in [-0.15, -0.1) is 0 Å². The lowest BCUT2D eigenvalue weighted by molar-refractivity contribution is 0.0724. The van der Waals surface area contributed by atoms with E-state index in [1.54, 1.807) is 0 Å². The van der Waals surface area contributed by atoms with Gasteiger partial charge in [0.25, 0.3) is 0 Å². The number of nitrogens with one attached hydrogen (secondary N) is 1. The molecule has 1 fully saturated rings. The Morgan fingerprint density at radius 1 is 1.38 bits per heavy atom. The number of aliphatic hydroxyl groups excluding tert-OH is 1. The van der Waals surface area contributed by atoms with Crippen LogP contribution >= 0.6 is 11.6 Å². The number of hydrogen-bond donors (Lipinski definition) is 2. The number of nitrogens with zero attached hydrogens (tertiary/aromatic N) is 1. The largest absolute Gasteiger partial charge is 0.393 e. The number of nitriles is 1. The number of sulfonamides is 1. The lowest BCUT2D eigenvalue weighted by Gasteiger charge is -2.27. The first-order chi connectivity index (χ1) is 9.94. The predicted molar refractivity (Wildman–Crippen MR) is 79.3 cm³/mol. The summed E-state index contributed by atoms with van der Waals surface area (Å²) in [6, 6.07) is 6.00. The number of halogens is 1. The summed E-state index contributed by atoms with van der Waals surface area (Å²) in [5.74, 6) is -0.0774. The maximum atomic E-state index is 12.3. The quantitative estimate of drug-likeness (QED) is 0.885. The van der Waals surface area contributed by atoms with Crippen molar-refractivity contribution in [3.05, 3.63) is 28.8 Å². The lowest BCUT2D eigenvalue weighted by atomic mass is 9.87. The molecule has 114 valence electrons. The Bertz CT molecular complexity index is 655. The smallest absolute Gasteiger partial charge is 0.242 e. The van der Waals surface area contributed by atoms with Crippen LogP contribution in [-0.2, 0) is 10.0 Å². The summed E-state index contributed by atoms with van der Waals surface area (Å²) in [6.07, 6.45) is 3.00. The minimum Gasteiger partial charge on any atom is -0.393 e. The van der Waals surface area contributed by atoms with Crippen LogP contribution in [0.25, 0.3) is 0 Å². The highest BCUT2D eigenvalue weighted by Crippen LogP contribution is 2.26. The maximum Gasteiger partial charge on any atom is 0.242 e. The molecule has 1 aromatic carbocycles. The Morgan fingerprint density at radius 2 is 2.10 bits per heavy atom. The van der Waals surface area contributed by atoms with Gasteiger partial charge < -0.3 is 5.11 Å². The summed E-state index contributed by atoms with van der Waals surface area (Å²) in [7, 11) is -3.79. The van der Waals surface area contributed by atoms with E-state index in [0.717, 1.165) is 19.3 Å². The molecule has 1 aromatic rings. The Hall–Kier alpha value is -1.13. The van der Waals surface area contributed by atoms with Crippen LogP contribution in [0.4, 0.5) is 0 Å². The Morgan fingerprint density at radius 3 is 2.76 bits per heavy atom. The van der Waals surface area contributed by atoms with Crippen molar-refractivity contribution in [2.24, 2.45) is 5.92 Å². The van der Waals surface area contributed by atoms with Crippen LogP contribution in [0.15, 0.2) is 23.1 Å². The topological polar surface area (TPSA) is 90.2 Å². The number of rotatable bonds is 4. The summed E-state index contributed by atoms with van der Waals surface area (Å²) >= 11 is 5.91. The number of benzene rings is 1. The normalized spacial score (nSPS) is 22.7. The molecule has 2 unspecified atom stereocenters. The van der Waals surface area contributed by atoms with Crippen LogP contribution in [0.5, 0.6) is 0 Å². The van der Waals surface area contributed by atoms with Crippen molar-refractivity contribution >= 4 is 21.6 Å². The third-order valence-electron chi connectivity index (χ3n) is 3.75. The third-order valence-corrected chi connectivity index (χ3v) is 5.66. The maximum absolute atomic E-state index is 12.3. The fraction of sp³-hybridized carbons (Fsp3) is 0.500. The van der Waals surface area contributed by atoms with E-state index in [-0.39, 0.29) is 27.9 Å². The first-order valence-corrected chi connectivity index (χ1v) is 8.67. The molecule has 5 nitrogen and oxygen atoms in total. The molecule has 2 atom stereocenters. The molecule has 7 heteroatoms. The highest BCUT2D eigenvalue weighted by Gasteiger charge is 2.26. The average Bonchev–Trinajstić information content (AvgIpc) is 2.47. The van der Waals surface area contributed by atoms with Gasteiger partial charge in [-0.3, -0.25) is 0 Å². The second-order valence-corrected chi connectivity index (χ2v) is 7.36. The molecule has 0 radical (unpaired) electrons. The number of hydrogen-bond acceptors (Lipinski definition) is 4. The predicted octanol–water partition coefficient (Wildman–Crippen LogP) is 2.04. The molecule has 0 aliphatic heterocycles. The van der Waals surface area contributed by atoms with Gasteiger partial charge in [0.2, 0.25) is 10.0 Å². The summed E-state index contributed by atoms with van der Waals surface area (Å²) in [6.45, 7) is 0.177. The van der Waals surface area contributed by atoms with Crippen LogP contribution in [0.1, 0.15) is 31.2 Å². The van der Waals surface area contributed by atoms with Crippen LogP contribution in [0.3, 0.4) is 0 Å². The molecule has 0 bridgehead atoms. The highest BCUT2D eigenvalue weighted by atomic mass is 35.5. The van der Waals surface area contributed by atoms with Crippen LogP contribution in [-0.4, -0.2) is 26.2 Å². The van der Waals surface area contributed by atoms with Crippen molar-refractivity contribution in [2.75, 3.05) is 6.54 Å². The van der Waals surface area contributed by atoms with Crippen molar-refractivity contribution in [2.45, 2.75) is 36.7 Å². The van der Waals surface area contributed by atoms with E-state index >= 15 is 0 Å². The molecule has 0 aromatic heterocycles. The van der Waals surface area contributed by atoms with Gasteiger partial charge in [0.05, 0.1) is 22.8 Å². The zero-order valence-electron chi connectivity index (χ0n) is 11.4. The first kappa shape index (κ1) is 16.2. The molecule has 0 spiro atoms. The van der Waals surface area contributed by atoms with E-state index in [9.17, 15) is 13.5 Å². The van der Waals surface area contributed by atoms with Gasteiger partial charge in [-0.25, -0.2) is 13.1 Å². The van der Waals surface area contributed by atoms with Gasteiger partial charge in [-0.2, -0.15) is 5.26 Å². The summed E-state index contributed by atoms with van der Waals surface area (Å²) in [5.41, 5.74) is 0.234. The molecule has 1 aliphatic rings. The summed E-state index contributed by atoms with van der Waals surface area (Å²) < 4.78 is 27.1. The van der Waals surface area contributed by atoms with Gasteiger partial charge in [0.15, 0.2) is 0 Å². The van der Waals surface area contributed by atoms with Gasteiger partial charge in [0, 0.05) is 6.54 Å². The van der Waals surface area contributed by atoms with Crippen molar-refractivity contribution < 1.29 is 13.5 Å². The van der Waals surface area contributed by atoms with E-state index in [1.165, 1.54) is 18.2 Å². The third kappa shape index (κ3) is 3.95. The van der Waals surface area contributed by atoms with E-state index in [1.807, 2.05) is 6.07 Å². The SMILES string of the molecule is N#Cc1ccc(Cl)c(S(=O)(=O)NCC2CCCCC2O)c1. The number of aliphatic hydroxyl groups is 1. The lowest BCUT2D eigenvalue weighted by Crippen LogP contribution is -2.36. The van der Waals surface area contributed by atoms with Crippen LogP contribution < -0.4 is 4.72 Å². The first-order valence-electron chi connectivity index (χ1n) is 6.81. The van der Waals surface area contributed by atoms with Gasteiger partial charge in [-0.1, -0.05) is 24.4 Å². The molecule has 1 aliphatic carbocycles. The summed E-state index contributed by atoms with van der Waals surface area (Å²) in [5, 5.41) is 18.8. The standard InChI is InChI=1S/C14H17ClN2O3S/c15-12-6-5-10(8-16)7-14(12)21(19,20)17-9-11-3-1-2-4-13(11)18/h5-7,11,13,17-18H,1-4,9H2. The molecular weight excluding hydrogens is 312 g/mol. The fourth-order valence-corrected chi connectivity index (χ4v) is 4.12. The molecule has 2 N–H and O–H groups in total. The minimum absolute atomic E-state index is 0.0747. The Kier molecular flexibility index (Phi) is 5.22. The van der Waals surface area contributed by atoms with E-state index in [0.29, 0.717) is 6.42 Å². The van der Waals surface area contributed by atoms with E-state index in [4.69, 9.17) is 16.9 Å². The zero-order chi connectivity index (χ0) is 15.5. The molecule has 1 saturated carbocycles. The van der Waals surface area contributed by atoms with Crippen molar-refractivity contribution in [1.29, 1.82) is 5.26 Å². The van der Waals surface area contributed by atoms with Crippen molar-refractivity contribution in [3.63, 3.8) is 0 Å². The second kappa shape index (κ2) is 6.75. The van der Waals surface area contributed by atoms with Crippen LogP contribution in [0, 0.1) is 17.2 Å². The minimum atomic E-state index is -3.79. The molecular formula is C14H17ClN2O3S. The summed E-state index contributed by atoms with van der Waals surface area (Å²) in [4.78, 5) is -0.103. The van der Waals surface area contributed by atoms with E-state index < -0.39 is 16.1 Å². The van der Waals surface area contributed by atoms with Crippen molar-refractivity contribution in [1.82, 2.24) is 4.72 Å². The molecule has 2 rings (SSSR count). The fourth-order valence-electron chi connectivity index (χ4n) is 2.50. The Labute approximate surface area is 129 Å². The zero-order valence-corrected chi connectivity index (χ0v) is 13.0. The molecule has 0 saturated heterocycles. The monoisotopic (exact) mass is 328 g/mol. The van der Waals surface area contributed by atoms with Gasteiger partial charge in [0.1, 0.15) is 4.90 Å². The highest BCUT2D eigenvalue weighted by molar-refractivity contribution is 7.89.